The van der Waals surface area contributed by atoms with Gasteiger partial charge in [-0.2, -0.15) is 0 Å². The Kier molecular flexibility index (Phi) is 1.81. The van der Waals surface area contributed by atoms with E-state index in [1.54, 1.807) is 11.8 Å². The number of aryl methyl sites for hydroxylation is 1. The van der Waals surface area contributed by atoms with E-state index in [9.17, 15) is 0 Å². The Labute approximate surface area is 75.4 Å². The van der Waals surface area contributed by atoms with Gasteiger partial charge in [0.15, 0.2) is 0 Å². The van der Waals surface area contributed by atoms with Crippen molar-refractivity contribution in [2.24, 2.45) is 0 Å². The van der Waals surface area contributed by atoms with Crippen molar-refractivity contribution in [1.29, 1.82) is 0 Å². The molecule has 2 aromatic rings. The number of benzene rings is 1. The SMILES string of the molecule is CSc1ccc2[nH]c(C)nc2c1. The Hall–Kier alpha value is -0.960. The fraction of sp³-hybridized carbons (Fsp3) is 0.222. The van der Waals surface area contributed by atoms with E-state index in [2.05, 4.69) is 34.4 Å². The van der Waals surface area contributed by atoms with Gasteiger partial charge < -0.3 is 4.98 Å². The molecule has 0 bridgehead atoms. The van der Waals surface area contributed by atoms with Gasteiger partial charge in [-0.25, -0.2) is 4.98 Å². The molecule has 0 fully saturated rings. The normalized spacial score (nSPS) is 10.8. The van der Waals surface area contributed by atoms with Crippen molar-refractivity contribution in [2.45, 2.75) is 11.8 Å². The highest BCUT2D eigenvalue weighted by Gasteiger charge is 1.98. The minimum atomic E-state index is 0.975. The molecule has 2 rings (SSSR count). The van der Waals surface area contributed by atoms with Gasteiger partial charge in [0.05, 0.1) is 11.0 Å². The molecule has 0 aliphatic carbocycles. The van der Waals surface area contributed by atoms with Crippen molar-refractivity contribution in [3.05, 3.63) is 24.0 Å². The summed E-state index contributed by atoms with van der Waals surface area (Å²) in [5.41, 5.74) is 2.17. The molecule has 0 atom stereocenters. The molecular weight excluding hydrogens is 168 g/mol. The highest BCUT2D eigenvalue weighted by molar-refractivity contribution is 7.98. The Bertz CT molecular complexity index is 406. The van der Waals surface area contributed by atoms with E-state index >= 15 is 0 Å². The lowest BCUT2D eigenvalue weighted by Gasteiger charge is -1.93. The van der Waals surface area contributed by atoms with E-state index in [-0.39, 0.29) is 0 Å². The van der Waals surface area contributed by atoms with E-state index in [4.69, 9.17) is 0 Å². The standard InChI is InChI=1S/C9H10N2S/c1-6-10-8-4-3-7(12-2)5-9(8)11-6/h3-5H,1-2H3,(H,10,11). The van der Waals surface area contributed by atoms with Crippen molar-refractivity contribution in [3.8, 4) is 0 Å². The second-order valence-electron chi connectivity index (χ2n) is 2.71. The molecule has 0 saturated carbocycles. The molecule has 0 saturated heterocycles. The van der Waals surface area contributed by atoms with Crippen LogP contribution in [0.2, 0.25) is 0 Å². The molecule has 1 N–H and O–H groups in total. The second-order valence-corrected chi connectivity index (χ2v) is 3.58. The van der Waals surface area contributed by atoms with Gasteiger partial charge in [0, 0.05) is 4.90 Å². The Morgan fingerprint density at radius 1 is 1.42 bits per heavy atom. The Balaban J connectivity index is 2.66. The molecule has 0 radical (unpaired) electrons. The fourth-order valence-electron chi connectivity index (χ4n) is 1.24. The number of aromatic nitrogens is 2. The highest BCUT2D eigenvalue weighted by Crippen LogP contribution is 2.19. The lowest BCUT2D eigenvalue weighted by atomic mass is 10.3. The molecule has 0 aliphatic heterocycles. The Morgan fingerprint density at radius 2 is 2.25 bits per heavy atom. The first kappa shape index (κ1) is 7.68. The van der Waals surface area contributed by atoms with Crippen LogP contribution in [0.3, 0.4) is 0 Å². The van der Waals surface area contributed by atoms with Crippen LogP contribution in [-0.2, 0) is 0 Å². The zero-order valence-corrected chi connectivity index (χ0v) is 7.90. The summed E-state index contributed by atoms with van der Waals surface area (Å²) in [4.78, 5) is 8.80. The average molecular weight is 178 g/mol. The van der Waals surface area contributed by atoms with E-state index in [0.29, 0.717) is 0 Å². The molecule has 0 unspecified atom stereocenters. The maximum absolute atomic E-state index is 4.35. The minimum Gasteiger partial charge on any atom is -0.342 e. The van der Waals surface area contributed by atoms with E-state index in [0.717, 1.165) is 16.9 Å². The zero-order chi connectivity index (χ0) is 8.55. The van der Waals surface area contributed by atoms with Crippen LogP contribution in [-0.4, -0.2) is 16.2 Å². The molecular formula is C9H10N2S. The lowest BCUT2D eigenvalue weighted by Crippen LogP contribution is -1.71. The summed E-state index contributed by atoms with van der Waals surface area (Å²) in [5, 5.41) is 0. The third kappa shape index (κ3) is 1.20. The molecule has 0 amide bonds. The summed E-state index contributed by atoms with van der Waals surface area (Å²) in [6, 6.07) is 6.27. The van der Waals surface area contributed by atoms with Crippen LogP contribution in [0.5, 0.6) is 0 Å². The van der Waals surface area contributed by atoms with Gasteiger partial charge in [-0.1, -0.05) is 0 Å². The number of hydrogen-bond acceptors (Lipinski definition) is 2. The van der Waals surface area contributed by atoms with Crippen molar-refractivity contribution in [2.75, 3.05) is 6.26 Å². The summed E-state index contributed by atoms with van der Waals surface area (Å²) < 4.78 is 0. The predicted molar refractivity (Wildman–Crippen MR) is 52.6 cm³/mol. The molecule has 0 aliphatic rings. The van der Waals surface area contributed by atoms with Crippen molar-refractivity contribution >= 4 is 22.8 Å². The third-order valence-corrected chi connectivity index (χ3v) is 2.53. The summed E-state index contributed by atoms with van der Waals surface area (Å²) in [7, 11) is 0. The first-order valence-corrected chi connectivity index (χ1v) is 5.02. The lowest BCUT2D eigenvalue weighted by molar-refractivity contribution is 1.17. The van der Waals surface area contributed by atoms with Crippen molar-refractivity contribution in [1.82, 2.24) is 9.97 Å². The molecule has 12 heavy (non-hydrogen) atoms. The first-order chi connectivity index (χ1) is 5.79. The maximum atomic E-state index is 4.35. The zero-order valence-electron chi connectivity index (χ0n) is 7.09. The quantitative estimate of drug-likeness (QED) is 0.680. The Morgan fingerprint density at radius 3 is 3.00 bits per heavy atom. The number of nitrogens with zero attached hydrogens (tertiary/aromatic N) is 1. The molecule has 1 aromatic heterocycles. The van der Waals surface area contributed by atoms with Gasteiger partial charge in [-0.15, -0.1) is 11.8 Å². The number of thioether (sulfide) groups is 1. The number of aromatic amines is 1. The summed E-state index contributed by atoms with van der Waals surface area (Å²) >= 11 is 1.74. The molecule has 62 valence electrons. The number of rotatable bonds is 1. The van der Waals surface area contributed by atoms with Crippen LogP contribution in [0.25, 0.3) is 11.0 Å². The average Bonchev–Trinajstić information content (AvgIpc) is 2.43. The largest absolute Gasteiger partial charge is 0.342 e. The second kappa shape index (κ2) is 2.83. The van der Waals surface area contributed by atoms with Crippen LogP contribution >= 0.6 is 11.8 Å². The maximum Gasteiger partial charge on any atom is 0.104 e. The molecule has 1 heterocycles. The third-order valence-electron chi connectivity index (χ3n) is 1.81. The van der Waals surface area contributed by atoms with Crippen molar-refractivity contribution < 1.29 is 0 Å². The summed E-state index contributed by atoms with van der Waals surface area (Å²) in [6.07, 6.45) is 2.07. The van der Waals surface area contributed by atoms with Gasteiger partial charge in [0.2, 0.25) is 0 Å². The molecule has 3 heteroatoms. The highest BCUT2D eigenvalue weighted by atomic mass is 32.2. The van der Waals surface area contributed by atoms with Gasteiger partial charge in [-0.3, -0.25) is 0 Å². The van der Waals surface area contributed by atoms with Crippen LogP contribution in [0.1, 0.15) is 5.82 Å². The minimum absolute atomic E-state index is 0.975. The van der Waals surface area contributed by atoms with Crippen LogP contribution in [0, 0.1) is 6.92 Å². The number of H-pyrrole nitrogens is 1. The number of nitrogens with one attached hydrogen (secondary N) is 1. The monoisotopic (exact) mass is 178 g/mol. The molecule has 2 nitrogen and oxygen atoms in total. The fourth-order valence-corrected chi connectivity index (χ4v) is 1.67. The van der Waals surface area contributed by atoms with Gasteiger partial charge in [-0.05, 0) is 31.4 Å². The molecule has 1 aromatic carbocycles. The van der Waals surface area contributed by atoms with Crippen molar-refractivity contribution in [3.63, 3.8) is 0 Å². The van der Waals surface area contributed by atoms with E-state index < -0.39 is 0 Å². The smallest absolute Gasteiger partial charge is 0.104 e. The van der Waals surface area contributed by atoms with E-state index in [1.807, 2.05) is 6.92 Å². The number of hydrogen-bond donors (Lipinski definition) is 1. The van der Waals surface area contributed by atoms with Crippen LogP contribution < -0.4 is 0 Å². The van der Waals surface area contributed by atoms with Gasteiger partial charge in [0.25, 0.3) is 0 Å². The first-order valence-electron chi connectivity index (χ1n) is 3.80. The molecule has 0 spiro atoms. The van der Waals surface area contributed by atoms with Crippen LogP contribution in [0.4, 0.5) is 0 Å². The predicted octanol–water partition coefficient (Wildman–Crippen LogP) is 2.59. The summed E-state index contributed by atoms with van der Waals surface area (Å²) in [6.45, 7) is 1.97. The number of fused-ring (bicyclic) bond motifs is 1. The summed E-state index contributed by atoms with van der Waals surface area (Å²) in [5.74, 6) is 0.975. The van der Waals surface area contributed by atoms with Crippen LogP contribution in [0.15, 0.2) is 23.1 Å². The number of imidazole rings is 1. The van der Waals surface area contributed by atoms with Gasteiger partial charge >= 0.3 is 0 Å². The van der Waals surface area contributed by atoms with Gasteiger partial charge in [0.1, 0.15) is 5.82 Å². The topological polar surface area (TPSA) is 28.7 Å². The van der Waals surface area contributed by atoms with E-state index in [1.165, 1.54) is 4.90 Å².